The second kappa shape index (κ2) is 4.71. The predicted molar refractivity (Wildman–Crippen MR) is 73.7 cm³/mol. The zero-order valence-electron chi connectivity index (χ0n) is 10.5. The number of primary amides is 1. The summed E-state index contributed by atoms with van der Waals surface area (Å²) < 4.78 is 15.1. The van der Waals surface area contributed by atoms with Crippen LogP contribution in [-0.2, 0) is 11.8 Å². The van der Waals surface area contributed by atoms with Crippen LogP contribution >= 0.6 is 11.8 Å². The van der Waals surface area contributed by atoms with Crippen LogP contribution in [-0.4, -0.2) is 31.4 Å². The van der Waals surface area contributed by atoms with Gasteiger partial charge >= 0.3 is 0 Å². The smallest absolute Gasteiger partial charge is 0.227 e. The molecule has 20 heavy (non-hydrogen) atoms. The minimum absolute atomic E-state index is 0.0890. The third-order valence-corrected chi connectivity index (χ3v) is 3.75. The third-order valence-electron chi connectivity index (χ3n) is 2.89. The van der Waals surface area contributed by atoms with Crippen LogP contribution in [0.4, 0.5) is 4.39 Å². The lowest BCUT2D eigenvalue weighted by Crippen LogP contribution is -2.13. The van der Waals surface area contributed by atoms with Crippen LogP contribution in [0.2, 0.25) is 0 Å². The summed E-state index contributed by atoms with van der Waals surface area (Å²) in [5, 5.41) is 9.03. The molecule has 0 radical (unpaired) electrons. The Kier molecular flexibility index (Phi) is 3.01. The van der Waals surface area contributed by atoms with E-state index in [0.717, 1.165) is 17.3 Å². The summed E-state index contributed by atoms with van der Waals surface area (Å²) in [5.41, 5.74) is 7.02. The van der Waals surface area contributed by atoms with Crippen molar-refractivity contribution in [1.82, 2.24) is 19.7 Å². The predicted octanol–water partition coefficient (Wildman–Crippen LogP) is 1.23. The Morgan fingerprint density at radius 3 is 3.00 bits per heavy atom. The molecule has 0 bridgehead atoms. The van der Waals surface area contributed by atoms with E-state index in [1.807, 2.05) is 11.6 Å². The molecule has 0 atom stereocenters. The van der Waals surface area contributed by atoms with Crippen molar-refractivity contribution in [3.63, 3.8) is 0 Å². The molecule has 3 rings (SSSR count). The second-order valence-corrected chi connectivity index (χ2v) is 5.18. The average Bonchev–Trinajstić information content (AvgIpc) is 2.69. The molecular formula is C12H10FN5OS. The molecule has 3 aromatic rings. The van der Waals surface area contributed by atoms with E-state index < -0.39 is 5.91 Å². The molecule has 0 spiro atoms. The molecule has 2 N–H and O–H groups in total. The van der Waals surface area contributed by atoms with Crippen LogP contribution in [0.15, 0.2) is 23.4 Å². The van der Waals surface area contributed by atoms with E-state index in [-0.39, 0.29) is 11.6 Å². The van der Waals surface area contributed by atoms with Gasteiger partial charge in [0.05, 0.1) is 11.3 Å². The molecule has 102 valence electrons. The molecule has 8 heteroatoms. The first kappa shape index (κ1) is 12.8. The number of rotatable bonds is 3. The van der Waals surface area contributed by atoms with E-state index in [9.17, 15) is 9.18 Å². The van der Waals surface area contributed by atoms with Gasteiger partial charge in [0.2, 0.25) is 11.1 Å². The van der Waals surface area contributed by atoms with Crippen molar-refractivity contribution in [2.24, 2.45) is 12.8 Å². The van der Waals surface area contributed by atoms with E-state index in [1.54, 1.807) is 6.07 Å². The highest BCUT2D eigenvalue weighted by Gasteiger charge is 2.13. The largest absolute Gasteiger partial charge is 0.369 e. The maximum atomic E-state index is 13.3. The number of fused-ring (bicyclic) bond motifs is 3. The number of carbonyl (C=O) groups excluding carboxylic acids is 1. The molecule has 0 saturated heterocycles. The molecule has 0 aliphatic carbocycles. The Labute approximate surface area is 117 Å². The zero-order chi connectivity index (χ0) is 14.3. The summed E-state index contributed by atoms with van der Waals surface area (Å²) in [6.45, 7) is 0. The fourth-order valence-electron chi connectivity index (χ4n) is 2.01. The van der Waals surface area contributed by atoms with Crippen molar-refractivity contribution in [2.45, 2.75) is 5.16 Å². The number of aryl methyl sites for hydroxylation is 1. The van der Waals surface area contributed by atoms with Gasteiger partial charge in [-0.05, 0) is 18.2 Å². The highest BCUT2D eigenvalue weighted by atomic mass is 32.2. The number of hydrogen-bond acceptors (Lipinski definition) is 5. The van der Waals surface area contributed by atoms with Crippen LogP contribution in [0.3, 0.4) is 0 Å². The lowest BCUT2D eigenvalue weighted by molar-refractivity contribution is -0.115. The molecule has 0 saturated carbocycles. The molecule has 1 aromatic carbocycles. The maximum Gasteiger partial charge on any atom is 0.227 e. The molecule has 0 unspecified atom stereocenters. The average molecular weight is 291 g/mol. The molecule has 0 aliphatic rings. The Balaban J connectivity index is 2.17. The van der Waals surface area contributed by atoms with Gasteiger partial charge in [0.1, 0.15) is 11.3 Å². The van der Waals surface area contributed by atoms with Gasteiger partial charge < -0.3 is 10.3 Å². The second-order valence-electron chi connectivity index (χ2n) is 4.24. The summed E-state index contributed by atoms with van der Waals surface area (Å²) in [4.78, 5) is 15.1. The van der Waals surface area contributed by atoms with E-state index >= 15 is 0 Å². The van der Waals surface area contributed by atoms with E-state index in [4.69, 9.17) is 5.73 Å². The van der Waals surface area contributed by atoms with Gasteiger partial charge in [0, 0.05) is 12.4 Å². The van der Waals surface area contributed by atoms with Crippen molar-refractivity contribution >= 4 is 39.7 Å². The van der Waals surface area contributed by atoms with Gasteiger partial charge in [-0.25, -0.2) is 9.37 Å². The van der Waals surface area contributed by atoms with Gasteiger partial charge in [-0.1, -0.05) is 11.8 Å². The van der Waals surface area contributed by atoms with Crippen molar-refractivity contribution in [3.05, 3.63) is 24.0 Å². The molecular weight excluding hydrogens is 281 g/mol. The summed E-state index contributed by atoms with van der Waals surface area (Å²) in [5.74, 6) is -0.692. The number of benzene rings is 1. The summed E-state index contributed by atoms with van der Waals surface area (Å²) in [6.07, 6.45) is 0. The lowest BCUT2D eigenvalue weighted by atomic mass is 10.2. The van der Waals surface area contributed by atoms with E-state index in [1.165, 1.54) is 12.1 Å². The van der Waals surface area contributed by atoms with Crippen molar-refractivity contribution < 1.29 is 9.18 Å². The number of aromatic nitrogens is 4. The van der Waals surface area contributed by atoms with E-state index in [2.05, 4.69) is 15.2 Å². The Hall–Kier alpha value is -2.22. The first-order valence-corrected chi connectivity index (χ1v) is 6.74. The number of carbonyl (C=O) groups is 1. The first-order chi connectivity index (χ1) is 9.56. The minimum Gasteiger partial charge on any atom is -0.369 e. The number of amides is 1. The minimum atomic E-state index is -0.446. The molecule has 2 heterocycles. The summed E-state index contributed by atoms with van der Waals surface area (Å²) in [7, 11) is 1.82. The van der Waals surface area contributed by atoms with E-state index in [0.29, 0.717) is 21.7 Å². The zero-order valence-corrected chi connectivity index (χ0v) is 11.3. The normalized spacial score (nSPS) is 11.3. The Bertz CT molecular complexity index is 831. The summed E-state index contributed by atoms with van der Waals surface area (Å²) >= 11 is 1.12. The number of halogens is 1. The maximum absolute atomic E-state index is 13.3. The highest BCUT2D eigenvalue weighted by molar-refractivity contribution is 7.99. The van der Waals surface area contributed by atoms with Crippen LogP contribution in [0.25, 0.3) is 22.1 Å². The van der Waals surface area contributed by atoms with Crippen LogP contribution in [0.5, 0.6) is 0 Å². The summed E-state index contributed by atoms with van der Waals surface area (Å²) in [6, 6.07) is 4.46. The third kappa shape index (κ3) is 2.07. The number of nitrogens with two attached hydrogens (primary N) is 1. The SMILES string of the molecule is Cn1c2ccc(F)cc2c2nnc(SCC(N)=O)nc21. The quantitative estimate of drug-likeness (QED) is 0.733. The van der Waals surface area contributed by atoms with Crippen LogP contribution < -0.4 is 5.73 Å². The molecule has 0 fully saturated rings. The fraction of sp³-hybridized carbons (Fsp3) is 0.167. The van der Waals surface area contributed by atoms with Gasteiger partial charge in [0.25, 0.3) is 0 Å². The fourth-order valence-corrected chi connectivity index (χ4v) is 2.53. The van der Waals surface area contributed by atoms with Gasteiger partial charge in [-0.15, -0.1) is 10.2 Å². The van der Waals surface area contributed by atoms with Gasteiger partial charge in [-0.3, -0.25) is 4.79 Å². The molecule has 2 aromatic heterocycles. The Morgan fingerprint density at radius 2 is 2.25 bits per heavy atom. The van der Waals surface area contributed by atoms with Gasteiger partial charge in [-0.2, -0.15) is 0 Å². The monoisotopic (exact) mass is 291 g/mol. The first-order valence-electron chi connectivity index (χ1n) is 5.76. The van der Waals surface area contributed by atoms with Crippen LogP contribution in [0.1, 0.15) is 0 Å². The molecule has 6 nitrogen and oxygen atoms in total. The lowest BCUT2D eigenvalue weighted by Gasteiger charge is -1.98. The Morgan fingerprint density at radius 1 is 1.45 bits per heavy atom. The molecule has 1 amide bonds. The van der Waals surface area contributed by atoms with Crippen LogP contribution in [0, 0.1) is 5.82 Å². The van der Waals surface area contributed by atoms with Crippen molar-refractivity contribution in [3.8, 4) is 0 Å². The standard InChI is InChI=1S/C12H10FN5OS/c1-18-8-3-2-6(13)4-7(8)10-11(18)15-12(17-16-10)20-5-9(14)19/h2-4H,5H2,1H3,(H2,14,19). The molecule has 0 aliphatic heterocycles. The number of thioether (sulfide) groups is 1. The van der Waals surface area contributed by atoms with Crippen molar-refractivity contribution in [2.75, 3.05) is 5.75 Å². The topological polar surface area (TPSA) is 86.7 Å². The van der Waals surface area contributed by atoms with Crippen molar-refractivity contribution in [1.29, 1.82) is 0 Å². The van der Waals surface area contributed by atoms with Gasteiger partial charge in [0.15, 0.2) is 5.65 Å². The number of hydrogen-bond donors (Lipinski definition) is 1. The highest BCUT2D eigenvalue weighted by Crippen LogP contribution is 2.26. The number of nitrogens with zero attached hydrogens (tertiary/aromatic N) is 4.